The van der Waals surface area contributed by atoms with Crippen molar-refractivity contribution in [3.05, 3.63) is 0 Å². The largest absolute Gasteiger partial charge is 0.374 e. The summed E-state index contributed by atoms with van der Waals surface area (Å²) in [5, 5.41) is 3.42. The van der Waals surface area contributed by atoms with Gasteiger partial charge in [0.1, 0.15) is 0 Å². The highest BCUT2D eigenvalue weighted by Crippen LogP contribution is 2.31. The highest BCUT2D eigenvalue weighted by molar-refractivity contribution is 5.79. The van der Waals surface area contributed by atoms with Gasteiger partial charge in [-0.2, -0.15) is 0 Å². The zero-order valence-corrected chi connectivity index (χ0v) is 11.2. The van der Waals surface area contributed by atoms with Gasteiger partial charge < -0.3 is 15.0 Å². The van der Waals surface area contributed by atoms with Crippen molar-refractivity contribution in [1.82, 2.24) is 10.2 Å². The lowest BCUT2D eigenvalue weighted by Crippen LogP contribution is -2.54. The summed E-state index contributed by atoms with van der Waals surface area (Å²) in [5.74, 6) is 0.629. The Kier molecular flexibility index (Phi) is 3.57. The van der Waals surface area contributed by atoms with Crippen LogP contribution in [0.3, 0.4) is 0 Å². The Balaban J connectivity index is 1.67. The maximum Gasteiger partial charge on any atom is 0.226 e. The monoisotopic (exact) mass is 252 g/mol. The molecule has 0 spiro atoms. The van der Waals surface area contributed by atoms with E-state index in [2.05, 4.69) is 17.1 Å². The molecule has 1 aliphatic carbocycles. The van der Waals surface area contributed by atoms with Crippen LogP contribution in [0.2, 0.25) is 0 Å². The molecular weight excluding hydrogens is 228 g/mol. The van der Waals surface area contributed by atoms with Crippen LogP contribution in [0.5, 0.6) is 0 Å². The topological polar surface area (TPSA) is 41.6 Å². The van der Waals surface area contributed by atoms with Crippen LogP contribution in [-0.2, 0) is 9.53 Å². The highest BCUT2D eigenvalue weighted by atomic mass is 16.5. The summed E-state index contributed by atoms with van der Waals surface area (Å²) in [7, 11) is 0. The van der Waals surface area contributed by atoms with Crippen molar-refractivity contribution in [2.24, 2.45) is 5.92 Å². The zero-order valence-electron chi connectivity index (χ0n) is 11.2. The van der Waals surface area contributed by atoms with Gasteiger partial charge in [0.15, 0.2) is 0 Å². The quantitative estimate of drug-likeness (QED) is 0.761. The van der Waals surface area contributed by atoms with Crippen molar-refractivity contribution in [3.63, 3.8) is 0 Å². The molecule has 2 aliphatic heterocycles. The number of hydrogen-bond acceptors (Lipinski definition) is 3. The van der Waals surface area contributed by atoms with Gasteiger partial charge in [-0.3, -0.25) is 4.79 Å². The van der Waals surface area contributed by atoms with E-state index in [1.54, 1.807) is 0 Å². The number of ether oxygens (including phenoxy) is 1. The molecular formula is C14H24N2O2. The van der Waals surface area contributed by atoms with Crippen LogP contribution in [-0.4, -0.2) is 48.7 Å². The first-order valence-electron chi connectivity index (χ1n) is 7.41. The third-order valence-corrected chi connectivity index (χ3v) is 4.74. The fourth-order valence-corrected chi connectivity index (χ4v) is 3.79. The Labute approximate surface area is 109 Å². The number of hydrogen-bond donors (Lipinski definition) is 1. The molecule has 0 aromatic carbocycles. The van der Waals surface area contributed by atoms with E-state index in [1.165, 1.54) is 6.42 Å². The maximum atomic E-state index is 12.7. The van der Waals surface area contributed by atoms with Crippen LogP contribution < -0.4 is 5.32 Å². The van der Waals surface area contributed by atoms with E-state index >= 15 is 0 Å². The maximum absolute atomic E-state index is 12.7. The smallest absolute Gasteiger partial charge is 0.226 e. The molecule has 3 aliphatic rings. The van der Waals surface area contributed by atoms with Gasteiger partial charge >= 0.3 is 0 Å². The molecule has 4 heteroatoms. The summed E-state index contributed by atoms with van der Waals surface area (Å²) in [4.78, 5) is 14.8. The summed E-state index contributed by atoms with van der Waals surface area (Å²) >= 11 is 0. The lowest BCUT2D eigenvalue weighted by molar-refractivity contribution is -0.149. The van der Waals surface area contributed by atoms with E-state index in [0.717, 1.165) is 45.4 Å². The zero-order chi connectivity index (χ0) is 12.5. The second-order valence-corrected chi connectivity index (χ2v) is 6.02. The average molecular weight is 252 g/mol. The van der Waals surface area contributed by atoms with Gasteiger partial charge in [0.2, 0.25) is 5.91 Å². The molecule has 0 aromatic rings. The van der Waals surface area contributed by atoms with Crippen molar-refractivity contribution < 1.29 is 9.53 Å². The number of amides is 1. The summed E-state index contributed by atoms with van der Waals surface area (Å²) in [6, 6.07) is 0.851. The van der Waals surface area contributed by atoms with Gasteiger partial charge in [0.25, 0.3) is 0 Å². The first-order chi connectivity index (χ1) is 8.75. The summed E-state index contributed by atoms with van der Waals surface area (Å²) in [6.45, 7) is 4.69. The number of rotatable bonds is 1. The standard InChI is InChI=1S/C14H24N2O2/c1-10-9-11(5-6-15-10)14(17)16-7-8-18-13-4-2-3-12(13)16/h10-13,15H,2-9H2,1H3. The predicted molar refractivity (Wildman–Crippen MR) is 69.3 cm³/mol. The molecule has 2 saturated heterocycles. The van der Waals surface area contributed by atoms with Crippen LogP contribution in [0.15, 0.2) is 0 Å². The van der Waals surface area contributed by atoms with Gasteiger partial charge in [-0.15, -0.1) is 0 Å². The third kappa shape index (κ3) is 2.28. The number of piperidine rings is 1. The molecule has 4 unspecified atom stereocenters. The van der Waals surface area contributed by atoms with Gasteiger partial charge in [0, 0.05) is 18.5 Å². The van der Waals surface area contributed by atoms with Gasteiger partial charge in [0.05, 0.1) is 18.8 Å². The Bertz CT molecular complexity index is 321. The van der Waals surface area contributed by atoms with E-state index in [0.29, 0.717) is 24.1 Å². The molecule has 3 rings (SSSR count). The van der Waals surface area contributed by atoms with Crippen molar-refractivity contribution >= 4 is 5.91 Å². The molecule has 3 fully saturated rings. The molecule has 4 nitrogen and oxygen atoms in total. The minimum atomic E-state index is 0.237. The molecule has 2 heterocycles. The third-order valence-electron chi connectivity index (χ3n) is 4.74. The Morgan fingerprint density at radius 3 is 3.06 bits per heavy atom. The summed E-state index contributed by atoms with van der Waals surface area (Å²) in [5.41, 5.74) is 0. The molecule has 1 saturated carbocycles. The average Bonchev–Trinajstić information content (AvgIpc) is 2.86. The number of carbonyl (C=O) groups is 1. The number of fused-ring (bicyclic) bond motifs is 1. The van der Waals surface area contributed by atoms with E-state index in [4.69, 9.17) is 4.74 Å². The normalized spacial score (nSPS) is 40.6. The van der Waals surface area contributed by atoms with E-state index in [9.17, 15) is 4.79 Å². The molecule has 102 valence electrons. The van der Waals surface area contributed by atoms with Gasteiger partial charge in [-0.05, 0) is 45.6 Å². The van der Waals surface area contributed by atoms with Crippen molar-refractivity contribution in [2.75, 3.05) is 19.7 Å². The van der Waals surface area contributed by atoms with Crippen molar-refractivity contribution in [3.8, 4) is 0 Å². The van der Waals surface area contributed by atoms with Crippen LogP contribution in [0, 0.1) is 5.92 Å². The lowest BCUT2D eigenvalue weighted by atomic mass is 9.91. The van der Waals surface area contributed by atoms with E-state index < -0.39 is 0 Å². The lowest BCUT2D eigenvalue weighted by Gasteiger charge is -2.40. The van der Waals surface area contributed by atoms with Crippen molar-refractivity contribution in [1.29, 1.82) is 0 Å². The first-order valence-corrected chi connectivity index (χ1v) is 7.41. The molecule has 1 N–H and O–H groups in total. The summed E-state index contributed by atoms with van der Waals surface area (Å²) < 4.78 is 5.78. The minimum Gasteiger partial charge on any atom is -0.374 e. The van der Waals surface area contributed by atoms with E-state index in [1.807, 2.05) is 0 Å². The Hall–Kier alpha value is -0.610. The predicted octanol–water partition coefficient (Wildman–Crippen LogP) is 1.15. The van der Waals surface area contributed by atoms with Crippen LogP contribution >= 0.6 is 0 Å². The first kappa shape index (κ1) is 12.4. The number of carbonyl (C=O) groups excluding carboxylic acids is 1. The van der Waals surface area contributed by atoms with Gasteiger partial charge in [-0.25, -0.2) is 0 Å². The van der Waals surface area contributed by atoms with Crippen LogP contribution in [0.1, 0.15) is 39.0 Å². The number of morpholine rings is 1. The molecule has 18 heavy (non-hydrogen) atoms. The Morgan fingerprint density at radius 1 is 1.33 bits per heavy atom. The second-order valence-electron chi connectivity index (χ2n) is 6.02. The van der Waals surface area contributed by atoms with E-state index in [-0.39, 0.29) is 5.92 Å². The van der Waals surface area contributed by atoms with Crippen molar-refractivity contribution in [2.45, 2.75) is 57.2 Å². The van der Waals surface area contributed by atoms with Crippen LogP contribution in [0.25, 0.3) is 0 Å². The highest BCUT2D eigenvalue weighted by Gasteiger charge is 2.40. The van der Waals surface area contributed by atoms with Crippen LogP contribution in [0.4, 0.5) is 0 Å². The molecule has 1 amide bonds. The molecule has 0 bridgehead atoms. The minimum absolute atomic E-state index is 0.237. The fourth-order valence-electron chi connectivity index (χ4n) is 3.79. The summed E-state index contributed by atoms with van der Waals surface area (Å²) in [6.07, 6.45) is 5.79. The fraction of sp³-hybridized carbons (Fsp3) is 0.929. The molecule has 0 aromatic heterocycles. The molecule has 0 radical (unpaired) electrons. The van der Waals surface area contributed by atoms with Gasteiger partial charge in [-0.1, -0.05) is 0 Å². The SMILES string of the molecule is CC1CC(C(=O)N2CCOC3CCCC32)CCN1. The number of nitrogens with zero attached hydrogens (tertiary/aromatic N) is 1. The second kappa shape index (κ2) is 5.17. The molecule has 4 atom stereocenters. The number of nitrogens with one attached hydrogen (secondary N) is 1. The Morgan fingerprint density at radius 2 is 2.22 bits per heavy atom.